The zero-order valence-corrected chi connectivity index (χ0v) is 24.7. The number of carbonyl (C=O) groups excluding carboxylic acids is 1. The van der Waals surface area contributed by atoms with E-state index in [1.807, 2.05) is 0 Å². The quantitative estimate of drug-likeness (QED) is 0.330. The molecule has 226 valence electrons. The molecule has 0 saturated carbocycles. The highest BCUT2D eigenvalue weighted by Crippen LogP contribution is 2.61. The zero-order valence-electron chi connectivity index (χ0n) is 24.7. The van der Waals surface area contributed by atoms with Gasteiger partial charge in [-0.2, -0.15) is 0 Å². The molecule has 6 bridgehead atoms. The van der Waals surface area contributed by atoms with Crippen LogP contribution in [0, 0.1) is 18.8 Å². The summed E-state index contributed by atoms with van der Waals surface area (Å²) in [5.41, 5.74) is 5.32. The van der Waals surface area contributed by atoms with Gasteiger partial charge in [0.15, 0.2) is 11.4 Å². The molecule has 43 heavy (non-hydrogen) atoms. The van der Waals surface area contributed by atoms with Crippen molar-refractivity contribution in [1.29, 1.82) is 0 Å². The Balaban J connectivity index is 1.54. The van der Waals surface area contributed by atoms with E-state index < -0.39 is 29.9 Å². The van der Waals surface area contributed by atoms with E-state index in [-0.39, 0.29) is 41.5 Å². The van der Waals surface area contributed by atoms with E-state index in [4.69, 9.17) is 14.8 Å². The van der Waals surface area contributed by atoms with Crippen molar-refractivity contribution in [3.8, 4) is 5.75 Å². The number of carboxylic acids is 1. The van der Waals surface area contributed by atoms with E-state index in [0.29, 0.717) is 12.2 Å². The molecule has 4 N–H and O–H groups in total. The fourth-order valence-corrected chi connectivity index (χ4v) is 7.94. The van der Waals surface area contributed by atoms with Crippen LogP contribution >= 0.6 is 0 Å². The highest BCUT2D eigenvalue weighted by Gasteiger charge is 2.56. The summed E-state index contributed by atoms with van der Waals surface area (Å²) < 4.78 is 5.25. The Kier molecular flexibility index (Phi) is 7.60. The number of aromatic hydroxyl groups is 1. The van der Waals surface area contributed by atoms with Crippen molar-refractivity contribution in [3.05, 3.63) is 82.0 Å². The molecule has 1 saturated heterocycles. The van der Waals surface area contributed by atoms with Gasteiger partial charge in [-0.15, -0.1) is 0 Å². The molecule has 0 spiro atoms. The number of aromatic nitrogens is 2. The summed E-state index contributed by atoms with van der Waals surface area (Å²) in [5, 5.41) is 33.0. The molecule has 2 aliphatic carbocycles. The van der Waals surface area contributed by atoms with Crippen LogP contribution in [0.15, 0.2) is 53.6 Å². The van der Waals surface area contributed by atoms with Gasteiger partial charge in [0.1, 0.15) is 12.4 Å². The van der Waals surface area contributed by atoms with Gasteiger partial charge >= 0.3 is 5.97 Å². The van der Waals surface area contributed by atoms with E-state index in [9.17, 15) is 19.8 Å². The first-order valence-corrected chi connectivity index (χ1v) is 14.9. The molecule has 1 amide bonds. The molecule has 10 nitrogen and oxygen atoms in total. The molecule has 5 aliphatic heterocycles. The van der Waals surface area contributed by atoms with E-state index in [2.05, 4.69) is 64.6 Å². The second-order valence-corrected chi connectivity index (χ2v) is 12.1. The molecule has 7 aliphatic rings. The van der Waals surface area contributed by atoms with Crippen LogP contribution in [0.2, 0.25) is 0 Å². The van der Waals surface area contributed by atoms with Crippen molar-refractivity contribution in [3.63, 3.8) is 0 Å². The summed E-state index contributed by atoms with van der Waals surface area (Å²) in [6.07, 6.45) is 10.4. The largest absolute Gasteiger partial charge is 0.504 e. The van der Waals surface area contributed by atoms with Gasteiger partial charge in [-0.1, -0.05) is 43.4 Å². The lowest BCUT2D eigenvalue weighted by Gasteiger charge is -2.51. The highest BCUT2D eigenvalue weighted by atomic mass is 16.5. The van der Waals surface area contributed by atoms with E-state index in [1.54, 1.807) is 14.0 Å². The monoisotopic (exact) mass is 586 g/mol. The van der Waals surface area contributed by atoms with Gasteiger partial charge in [0, 0.05) is 49.6 Å². The lowest BCUT2D eigenvalue weighted by atomic mass is 9.52. The zero-order chi connectivity index (χ0) is 30.5. The van der Waals surface area contributed by atoms with Gasteiger partial charge in [0.25, 0.3) is 5.91 Å². The maximum Gasteiger partial charge on any atom is 0.322 e. The van der Waals surface area contributed by atoms with Crippen molar-refractivity contribution in [2.24, 2.45) is 11.8 Å². The molecule has 1 fully saturated rings. The van der Waals surface area contributed by atoms with Crippen LogP contribution in [0.5, 0.6) is 5.75 Å². The van der Waals surface area contributed by atoms with Gasteiger partial charge in [-0.05, 0) is 54.0 Å². The van der Waals surface area contributed by atoms with E-state index in [0.717, 1.165) is 42.7 Å². The predicted molar refractivity (Wildman–Crippen MR) is 160 cm³/mol. The summed E-state index contributed by atoms with van der Waals surface area (Å²) >= 11 is 0. The smallest absolute Gasteiger partial charge is 0.322 e. The minimum Gasteiger partial charge on any atom is -0.504 e. The molecule has 2 aromatic rings. The highest BCUT2D eigenvalue weighted by molar-refractivity contribution is 5.96. The lowest BCUT2D eigenvalue weighted by molar-refractivity contribution is -0.135. The molecule has 0 radical (unpaired) electrons. The predicted octanol–water partition coefficient (Wildman–Crippen LogP) is 3.18. The summed E-state index contributed by atoms with van der Waals surface area (Å²) in [5.74, 6) is -1.90. The van der Waals surface area contributed by atoms with Crippen molar-refractivity contribution in [2.45, 2.75) is 50.5 Å². The number of hydrogen-bond donors (Lipinski definition) is 4. The fraction of sp³-hybridized carbons (Fsp3) is 0.455. The molecule has 9 rings (SSSR count). The molecule has 6 heterocycles. The van der Waals surface area contributed by atoms with Gasteiger partial charge < -0.3 is 30.3 Å². The summed E-state index contributed by atoms with van der Waals surface area (Å²) in [7, 11) is 1.59. The number of aliphatic hydroxyl groups is 1. The van der Waals surface area contributed by atoms with Crippen LogP contribution in [0.4, 0.5) is 5.69 Å². The number of hydrogen-bond acceptors (Lipinski definition) is 8. The second-order valence-electron chi connectivity index (χ2n) is 12.1. The number of rotatable bonds is 10. The number of aliphatic hydroxyl groups excluding tert-OH is 1. The number of nitrogens with one attached hydrogen (secondary N) is 1. The molecular formula is C33H38N4O6. The molecule has 1 aromatic heterocycles. The maximum absolute atomic E-state index is 13.0. The third-order valence-electron chi connectivity index (χ3n) is 9.78. The van der Waals surface area contributed by atoms with Gasteiger partial charge in [-0.25, -0.2) is 9.97 Å². The van der Waals surface area contributed by atoms with E-state index in [1.165, 1.54) is 11.1 Å². The number of carboxylic acid groups (broad SMARTS) is 1. The standard InChI is InChI=1S/C33H38N4O6/c1-18(31-35-19(2)30(41)29(36-31)32(42)34-16-27(39)40)33(28-20-4-5-21(28)7-6-20)23-10-12-37(13-11-23)26-9-8-24(33)14-22(26)15-25(38)17-43-3/h4-9,14,18,23,25,28,38,41H,10-13,15-17H2,1-3H3,(H,34,42)(H,39,40)/t18?,25-,33?/m1/s1. The number of nitrogens with zero attached hydrogens (tertiary/aromatic N) is 3. The summed E-state index contributed by atoms with van der Waals surface area (Å²) in [6.45, 7) is 5.15. The first-order valence-electron chi connectivity index (χ1n) is 14.9. The normalized spacial score (nSPS) is 23.4. The number of aryl methyl sites for hydroxylation is 1. The Hall–Kier alpha value is -4.02. The van der Waals surface area contributed by atoms with Gasteiger partial charge in [-0.3, -0.25) is 9.59 Å². The summed E-state index contributed by atoms with van der Waals surface area (Å²) in [4.78, 5) is 35.9. The first kappa shape index (κ1) is 29.1. The number of methoxy groups -OCH3 is 1. The third-order valence-corrected chi connectivity index (χ3v) is 9.78. The topological polar surface area (TPSA) is 145 Å². The Morgan fingerprint density at radius 2 is 1.86 bits per heavy atom. The third kappa shape index (κ3) is 4.82. The average Bonchev–Trinajstić information content (AvgIpc) is 3.62. The van der Waals surface area contributed by atoms with Crippen LogP contribution in [-0.4, -0.2) is 76.6 Å². The Bertz CT molecular complexity index is 1530. The molecule has 3 atom stereocenters. The SMILES string of the molecule is COC[C@H](O)Cc1cc2ccc1N1CCC(CC1)C2(C1C2=CC=C1C=C2)C(C)c1nc(C)c(O)c(C(=O)NCC(=O)O)n1. The van der Waals surface area contributed by atoms with Crippen LogP contribution < -0.4 is 10.2 Å². The van der Waals surface area contributed by atoms with Crippen molar-refractivity contribution < 1.29 is 29.6 Å². The number of aliphatic carboxylic acids is 1. The number of amides is 1. The number of anilines is 1. The van der Waals surface area contributed by atoms with Crippen LogP contribution in [0.1, 0.15) is 58.8 Å². The number of ether oxygens (including phenoxy) is 1. The van der Waals surface area contributed by atoms with Gasteiger partial charge in [0.05, 0.1) is 18.4 Å². The van der Waals surface area contributed by atoms with Crippen LogP contribution in [0.3, 0.4) is 0 Å². The van der Waals surface area contributed by atoms with Crippen LogP contribution in [0.25, 0.3) is 0 Å². The van der Waals surface area contributed by atoms with Crippen molar-refractivity contribution in [2.75, 3.05) is 38.3 Å². The lowest BCUT2D eigenvalue weighted by Crippen LogP contribution is -2.50. The Labute approximate surface area is 250 Å². The molecule has 10 heteroatoms. The minimum absolute atomic E-state index is 0.0433. The fourth-order valence-electron chi connectivity index (χ4n) is 7.94. The number of fused-ring (bicyclic) bond motifs is 2. The molecule has 1 aromatic carbocycles. The van der Waals surface area contributed by atoms with Gasteiger partial charge in [0.2, 0.25) is 0 Å². The number of carbonyl (C=O) groups is 2. The number of benzene rings is 1. The molecular weight excluding hydrogens is 548 g/mol. The van der Waals surface area contributed by atoms with E-state index >= 15 is 0 Å². The maximum atomic E-state index is 13.0. The number of allylic oxidation sites excluding steroid dienone is 6. The average molecular weight is 587 g/mol. The minimum atomic E-state index is -1.19. The van der Waals surface area contributed by atoms with Crippen LogP contribution in [-0.2, 0) is 21.4 Å². The Morgan fingerprint density at radius 3 is 2.49 bits per heavy atom. The Morgan fingerprint density at radius 1 is 1.16 bits per heavy atom. The number of piperidine rings is 1. The first-order chi connectivity index (χ1) is 20.6. The summed E-state index contributed by atoms with van der Waals surface area (Å²) in [6, 6.07) is 6.63. The molecule has 2 unspecified atom stereocenters. The second kappa shape index (κ2) is 11.2. The van der Waals surface area contributed by atoms with Crippen molar-refractivity contribution >= 4 is 17.6 Å². The van der Waals surface area contributed by atoms with Crippen molar-refractivity contribution in [1.82, 2.24) is 15.3 Å².